The molecule has 1 aromatic rings. The Hall–Kier alpha value is -4.43. The number of amides is 2. The van der Waals surface area contributed by atoms with Crippen molar-refractivity contribution in [3.05, 3.63) is 46.2 Å². The van der Waals surface area contributed by atoms with E-state index in [-0.39, 0.29) is 24.3 Å². The number of aliphatic hydroxyl groups excluding tert-OH is 2. The zero-order valence-corrected chi connectivity index (χ0v) is 26.4. The molecule has 0 radical (unpaired) electrons. The van der Waals surface area contributed by atoms with Gasteiger partial charge in [-0.15, -0.1) is 0 Å². The number of likely N-dealkylation sites (N-methyl/N-ethyl adjacent to an activating group) is 1. The molecule has 1 saturated heterocycles. The van der Waals surface area contributed by atoms with Gasteiger partial charge in [0, 0.05) is 18.0 Å². The van der Waals surface area contributed by atoms with Crippen LogP contribution >= 0.6 is 0 Å². The Bertz CT molecular complexity index is 1610. The number of nitrogens with two attached hydrogens (primary N) is 1. The van der Waals surface area contributed by atoms with E-state index in [1.807, 2.05) is 0 Å². The molecule has 2 amide bonds. The summed E-state index contributed by atoms with van der Waals surface area (Å²) in [4.78, 5) is 70.1. The van der Waals surface area contributed by atoms with Crippen LogP contribution in [0, 0.1) is 11.8 Å². The Balaban J connectivity index is 1.72. The maximum absolute atomic E-state index is 14.4. The second-order valence-electron chi connectivity index (χ2n) is 13.5. The molecular weight excluding hydrogens is 602 g/mol. The van der Waals surface area contributed by atoms with Crippen molar-refractivity contribution < 1.29 is 53.9 Å². The Kier molecular flexibility index (Phi) is 7.97. The lowest BCUT2D eigenvalue weighted by Gasteiger charge is -2.54. The highest BCUT2D eigenvalue weighted by molar-refractivity contribution is 6.24. The zero-order valence-electron chi connectivity index (χ0n) is 26.4. The number of benzene rings is 1. The van der Waals surface area contributed by atoms with Crippen LogP contribution in [0.4, 0.5) is 4.79 Å². The number of ketones is 2. The number of carbonyl (C=O) groups excluding carboxylic acids is 5. The van der Waals surface area contributed by atoms with Crippen LogP contribution in [0.1, 0.15) is 57.6 Å². The Morgan fingerprint density at radius 1 is 1.11 bits per heavy atom. The number of fused-ring (bicyclic) bond motifs is 3. The predicted molar refractivity (Wildman–Crippen MR) is 160 cm³/mol. The van der Waals surface area contributed by atoms with Crippen molar-refractivity contribution in [1.29, 1.82) is 0 Å². The van der Waals surface area contributed by atoms with Gasteiger partial charge in [-0.3, -0.25) is 24.2 Å². The number of esters is 1. The average molecular weight is 642 g/mol. The van der Waals surface area contributed by atoms with E-state index in [0.717, 1.165) is 0 Å². The number of Topliss-reactive ketones (excluding diaryl/α,β-unsaturated/α-hetero) is 2. The van der Waals surface area contributed by atoms with Gasteiger partial charge in [0.25, 0.3) is 5.91 Å². The van der Waals surface area contributed by atoms with E-state index in [2.05, 4.69) is 0 Å². The number of aromatic hydroxyl groups is 1. The van der Waals surface area contributed by atoms with Crippen LogP contribution in [-0.4, -0.2) is 110 Å². The first-order valence-corrected chi connectivity index (χ1v) is 15.0. The van der Waals surface area contributed by atoms with Crippen molar-refractivity contribution in [2.45, 2.75) is 75.8 Å². The minimum atomic E-state index is -3.07. The Labute approximate surface area is 265 Å². The van der Waals surface area contributed by atoms with Crippen LogP contribution in [0.25, 0.3) is 5.76 Å². The molecule has 1 aromatic carbocycles. The highest BCUT2D eigenvalue weighted by atomic mass is 16.6. The first-order valence-electron chi connectivity index (χ1n) is 15.0. The van der Waals surface area contributed by atoms with Gasteiger partial charge >= 0.3 is 12.1 Å². The fourth-order valence-electron chi connectivity index (χ4n) is 7.45. The van der Waals surface area contributed by atoms with Crippen molar-refractivity contribution >= 4 is 35.3 Å². The molecule has 1 saturated carbocycles. The summed E-state index contributed by atoms with van der Waals surface area (Å²) >= 11 is 0. The van der Waals surface area contributed by atoms with Crippen molar-refractivity contribution in [2.24, 2.45) is 17.6 Å². The molecule has 2 fully saturated rings. The van der Waals surface area contributed by atoms with Crippen molar-refractivity contribution in [1.82, 2.24) is 9.80 Å². The van der Waals surface area contributed by atoms with Gasteiger partial charge in [-0.25, -0.2) is 9.59 Å². The summed E-state index contributed by atoms with van der Waals surface area (Å²) in [7, 11) is 2.88. The first-order chi connectivity index (χ1) is 21.3. The predicted octanol–water partition coefficient (Wildman–Crippen LogP) is 1.45. The number of likely N-dealkylation sites (tertiary alicyclic amines) is 1. The van der Waals surface area contributed by atoms with E-state index in [1.165, 1.54) is 36.0 Å². The van der Waals surface area contributed by atoms with Crippen LogP contribution in [0.3, 0.4) is 0 Å². The number of hydrogen-bond donors (Lipinski definition) is 5. The van der Waals surface area contributed by atoms with Crippen molar-refractivity contribution in [3.8, 4) is 5.75 Å². The average Bonchev–Trinajstić information content (AvgIpc) is 3.44. The lowest BCUT2D eigenvalue weighted by molar-refractivity contribution is -0.187. The van der Waals surface area contributed by atoms with E-state index in [0.29, 0.717) is 12.0 Å². The first kappa shape index (κ1) is 32.9. The number of aliphatic hydroxyl groups is 3. The lowest BCUT2D eigenvalue weighted by atomic mass is 9.54. The quantitative estimate of drug-likeness (QED) is 0.233. The summed E-state index contributed by atoms with van der Waals surface area (Å²) in [5.74, 6) is -10.7. The summed E-state index contributed by atoms with van der Waals surface area (Å²) in [5, 5.41) is 45.7. The molecule has 14 nitrogen and oxygen atoms in total. The van der Waals surface area contributed by atoms with Gasteiger partial charge in [-0.2, -0.15) is 0 Å². The second kappa shape index (κ2) is 11.1. The number of ether oxygens (including phenoxy) is 2. The number of carbonyl (C=O) groups is 5. The molecule has 1 unspecified atom stereocenters. The number of phenolic OH excluding ortho intramolecular Hbond substituents is 1. The van der Waals surface area contributed by atoms with E-state index in [1.54, 1.807) is 33.8 Å². The van der Waals surface area contributed by atoms with Crippen molar-refractivity contribution in [3.63, 3.8) is 0 Å². The van der Waals surface area contributed by atoms with Gasteiger partial charge in [-0.1, -0.05) is 19.1 Å². The SMILES string of the molecule is C[C@@H]1c2cccc(O)c2C(O)=C2C(=O)[C@@]3(O)C(O)=C(C(N)=O)C(=O)[C@@H](N(C)C)[C@@H]3[C@H](OC(=O)C3CCCN3C(=O)OC(C)(C)C)[C@H]21. The normalized spacial score (nSPS) is 31.0. The largest absolute Gasteiger partial charge is 0.508 e. The van der Waals surface area contributed by atoms with Crippen LogP contribution in [0.15, 0.2) is 35.1 Å². The Morgan fingerprint density at radius 3 is 2.35 bits per heavy atom. The molecule has 14 heteroatoms. The van der Waals surface area contributed by atoms with E-state index < -0.39 is 99.3 Å². The zero-order chi connectivity index (χ0) is 34.2. The molecule has 5 rings (SSSR count). The molecule has 1 aliphatic heterocycles. The molecule has 46 heavy (non-hydrogen) atoms. The number of phenols is 1. The minimum absolute atomic E-state index is 0.0942. The lowest BCUT2D eigenvalue weighted by Crippen LogP contribution is -2.71. The monoisotopic (exact) mass is 641 g/mol. The fraction of sp³-hybridized carbons (Fsp3) is 0.531. The van der Waals surface area contributed by atoms with E-state index in [9.17, 15) is 44.4 Å². The molecule has 0 bridgehead atoms. The summed E-state index contributed by atoms with van der Waals surface area (Å²) in [6.45, 7) is 6.88. The van der Waals surface area contributed by atoms with Crippen LogP contribution < -0.4 is 5.73 Å². The number of nitrogens with zero attached hydrogens (tertiary/aromatic N) is 2. The molecular formula is C32H39N3O11. The molecule has 1 heterocycles. The standard InChI is InChI=1S/C32H39N3O11/c1-13-14-9-7-11-16(36)18(14)23(37)19-17(13)25(45-29(42)15-10-8-12-35(15)30(43)46-31(2,3)4)21-22(34(5)6)24(38)20(28(33)41)27(40)32(21,44)26(19)39/h7,9,11,13,15,17,21-22,25,36-37,40,44H,8,10,12H2,1-6H3,(H2,33,41)/t13-,15?,17+,21-,22+,25-,32-/m1/s1. The molecule has 3 aliphatic carbocycles. The van der Waals surface area contributed by atoms with Gasteiger partial charge < -0.3 is 35.6 Å². The smallest absolute Gasteiger partial charge is 0.411 e. The van der Waals surface area contributed by atoms with Crippen molar-refractivity contribution in [2.75, 3.05) is 20.6 Å². The molecule has 6 N–H and O–H groups in total. The molecule has 4 aliphatic rings. The third-order valence-electron chi connectivity index (χ3n) is 9.37. The van der Waals surface area contributed by atoms with E-state index in [4.69, 9.17) is 15.2 Å². The molecule has 0 aromatic heterocycles. The number of primary amides is 1. The van der Waals surface area contributed by atoms with Gasteiger partial charge in [0.2, 0.25) is 5.78 Å². The van der Waals surface area contributed by atoms with Gasteiger partial charge in [0.1, 0.15) is 40.6 Å². The van der Waals surface area contributed by atoms with Crippen LogP contribution in [0.2, 0.25) is 0 Å². The highest BCUT2D eigenvalue weighted by Crippen LogP contribution is 2.57. The minimum Gasteiger partial charge on any atom is -0.508 e. The molecule has 0 spiro atoms. The number of rotatable bonds is 4. The summed E-state index contributed by atoms with van der Waals surface area (Å²) in [5.41, 5.74) is 0.329. The third kappa shape index (κ3) is 4.81. The maximum atomic E-state index is 14.4. The third-order valence-corrected chi connectivity index (χ3v) is 9.37. The molecule has 7 atom stereocenters. The fourth-order valence-corrected chi connectivity index (χ4v) is 7.45. The van der Waals surface area contributed by atoms with Gasteiger partial charge in [0.15, 0.2) is 11.4 Å². The highest BCUT2D eigenvalue weighted by Gasteiger charge is 2.69. The number of hydrogen-bond acceptors (Lipinski definition) is 12. The van der Waals surface area contributed by atoms with Crippen LogP contribution in [0.5, 0.6) is 5.75 Å². The Morgan fingerprint density at radius 2 is 1.76 bits per heavy atom. The summed E-state index contributed by atoms with van der Waals surface area (Å²) < 4.78 is 11.6. The maximum Gasteiger partial charge on any atom is 0.411 e. The van der Waals surface area contributed by atoms with Crippen LogP contribution in [-0.2, 0) is 28.7 Å². The van der Waals surface area contributed by atoms with E-state index >= 15 is 0 Å². The molecule has 248 valence electrons. The topological polar surface area (TPSA) is 217 Å². The second-order valence-corrected chi connectivity index (χ2v) is 13.5. The summed E-state index contributed by atoms with van der Waals surface area (Å²) in [6, 6.07) is 1.79. The van der Waals surface area contributed by atoms with Gasteiger partial charge in [-0.05, 0) is 65.3 Å². The summed E-state index contributed by atoms with van der Waals surface area (Å²) in [6.07, 6.45) is -1.69. The van der Waals surface area contributed by atoms with Gasteiger partial charge in [0.05, 0.1) is 17.5 Å².